The number of carbonyl (C=O) groups excluding carboxylic acids is 1. The summed E-state index contributed by atoms with van der Waals surface area (Å²) in [5.41, 5.74) is 5.66. The van der Waals surface area contributed by atoms with Crippen LogP contribution in [0.15, 0.2) is 25.3 Å². The highest BCUT2D eigenvalue weighted by Crippen LogP contribution is 2.15. The van der Waals surface area contributed by atoms with Gasteiger partial charge < -0.3 is 10.6 Å². The van der Waals surface area contributed by atoms with Crippen LogP contribution in [0.3, 0.4) is 0 Å². The van der Waals surface area contributed by atoms with Gasteiger partial charge in [0.25, 0.3) is 0 Å². The minimum atomic E-state index is 0.154. The zero-order valence-corrected chi connectivity index (χ0v) is 11.2. The standard InChI is InChI=1S/C14H25N3O/c1-3-7-17(8-4-2)14(18)12-16-9-5-13(11-15)6-10-16/h3-4,13H,1-2,5-12,15H2. The zero-order valence-electron chi connectivity index (χ0n) is 11.2. The predicted octanol–water partition coefficient (Wildman–Crippen LogP) is 0.858. The summed E-state index contributed by atoms with van der Waals surface area (Å²) in [6, 6.07) is 0. The van der Waals surface area contributed by atoms with Gasteiger partial charge in [0, 0.05) is 13.1 Å². The number of amides is 1. The van der Waals surface area contributed by atoms with E-state index in [1.54, 1.807) is 17.1 Å². The van der Waals surface area contributed by atoms with Crippen molar-refractivity contribution in [1.29, 1.82) is 0 Å². The Morgan fingerprint density at radius 1 is 1.28 bits per heavy atom. The minimum absolute atomic E-state index is 0.154. The van der Waals surface area contributed by atoms with Crippen LogP contribution in [0.1, 0.15) is 12.8 Å². The van der Waals surface area contributed by atoms with E-state index in [0.717, 1.165) is 32.5 Å². The van der Waals surface area contributed by atoms with Crippen molar-refractivity contribution in [3.05, 3.63) is 25.3 Å². The summed E-state index contributed by atoms with van der Waals surface area (Å²) in [5.74, 6) is 0.787. The number of rotatable bonds is 7. The molecule has 1 rings (SSSR count). The summed E-state index contributed by atoms with van der Waals surface area (Å²) in [6.07, 6.45) is 5.71. The molecule has 18 heavy (non-hydrogen) atoms. The van der Waals surface area contributed by atoms with Crippen LogP contribution < -0.4 is 5.73 Å². The van der Waals surface area contributed by atoms with E-state index in [4.69, 9.17) is 5.73 Å². The topological polar surface area (TPSA) is 49.6 Å². The molecule has 1 heterocycles. The fraction of sp³-hybridized carbons (Fsp3) is 0.643. The number of carbonyl (C=O) groups is 1. The first kappa shape index (κ1) is 14.9. The Labute approximate surface area is 110 Å². The van der Waals surface area contributed by atoms with Crippen LogP contribution in [0.2, 0.25) is 0 Å². The third-order valence-corrected chi connectivity index (χ3v) is 3.45. The lowest BCUT2D eigenvalue weighted by Crippen LogP contribution is -2.44. The lowest BCUT2D eigenvalue weighted by Gasteiger charge is -2.32. The Morgan fingerprint density at radius 3 is 2.28 bits per heavy atom. The van der Waals surface area contributed by atoms with Crippen LogP contribution in [0.4, 0.5) is 0 Å². The Hall–Kier alpha value is -1.13. The van der Waals surface area contributed by atoms with Gasteiger partial charge in [0.2, 0.25) is 5.91 Å². The number of nitrogens with zero attached hydrogens (tertiary/aromatic N) is 2. The lowest BCUT2D eigenvalue weighted by atomic mass is 9.97. The van der Waals surface area contributed by atoms with Crippen molar-refractivity contribution in [2.24, 2.45) is 11.7 Å². The SMILES string of the molecule is C=CCN(CC=C)C(=O)CN1CCC(CN)CC1. The van der Waals surface area contributed by atoms with Crippen molar-refractivity contribution in [2.75, 3.05) is 39.3 Å². The molecule has 0 saturated carbocycles. The van der Waals surface area contributed by atoms with Crippen LogP contribution in [0.5, 0.6) is 0 Å². The fourth-order valence-electron chi connectivity index (χ4n) is 2.26. The van der Waals surface area contributed by atoms with Crippen molar-refractivity contribution >= 4 is 5.91 Å². The molecule has 0 bridgehead atoms. The first-order chi connectivity index (χ1) is 8.71. The molecule has 2 N–H and O–H groups in total. The number of piperidine rings is 1. The maximum atomic E-state index is 12.1. The molecule has 102 valence electrons. The molecule has 0 aliphatic carbocycles. The van der Waals surface area contributed by atoms with Gasteiger partial charge in [-0.2, -0.15) is 0 Å². The van der Waals surface area contributed by atoms with Crippen LogP contribution >= 0.6 is 0 Å². The normalized spacial score (nSPS) is 17.4. The molecule has 0 aromatic rings. The number of likely N-dealkylation sites (tertiary alicyclic amines) is 1. The summed E-state index contributed by atoms with van der Waals surface area (Å²) in [7, 11) is 0. The van der Waals surface area contributed by atoms with Gasteiger partial charge in [-0.05, 0) is 38.4 Å². The van der Waals surface area contributed by atoms with Gasteiger partial charge in [-0.3, -0.25) is 9.69 Å². The van der Waals surface area contributed by atoms with E-state index in [-0.39, 0.29) is 5.91 Å². The zero-order chi connectivity index (χ0) is 13.4. The number of nitrogens with two attached hydrogens (primary N) is 1. The molecule has 1 amide bonds. The summed E-state index contributed by atoms with van der Waals surface area (Å²) in [5, 5.41) is 0. The average molecular weight is 251 g/mol. The van der Waals surface area contributed by atoms with Gasteiger partial charge >= 0.3 is 0 Å². The Bertz CT molecular complexity index is 273. The predicted molar refractivity (Wildman–Crippen MR) is 75.2 cm³/mol. The molecule has 1 aliphatic heterocycles. The van der Waals surface area contributed by atoms with E-state index in [0.29, 0.717) is 25.6 Å². The molecule has 1 saturated heterocycles. The summed E-state index contributed by atoms with van der Waals surface area (Å²) in [6.45, 7) is 11.7. The third-order valence-electron chi connectivity index (χ3n) is 3.45. The maximum Gasteiger partial charge on any atom is 0.237 e. The Kier molecular flexibility index (Phi) is 6.68. The summed E-state index contributed by atoms with van der Waals surface area (Å²) >= 11 is 0. The van der Waals surface area contributed by atoms with Gasteiger partial charge in [0.05, 0.1) is 6.54 Å². The second-order valence-corrected chi connectivity index (χ2v) is 4.83. The van der Waals surface area contributed by atoms with Crippen LogP contribution in [0.25, 0.3) is 0 Å². The quantitative estimate of drug-likeness (QED) is 0.683. The van der Waals surface area contributed by atoms with E-state index in [9.17, 15) is 4.79 Å². The molecule has 4 heteroatoms. The highest BCUT2D eigenvalue weighted by molar-refractivity contribution is 5.78. The third kappa shape index (κ3) is 4.63. The molecule has 0 unspecified atom stereocenters. The highest BCUT2D eigenvalue weighted by Gasteiger charge is 2.21. The average Bonchev–Trinajstić information content (AvgIpc) is 2.39. The molecule has 0 atom stereocenters. The first-order valence-electron chi connectivity index (χ1n) is 6.63. The van der Waals surface area contributed by atoms with Crippen molar-refractivity contribution in [3.63, 3.8) is 0 Å². The second-order valence-electron chi connectivity index (χ2n) is 4.83. The van der Waals surface area contributed by atoms with E-state index in [1.807, 2.05) is 0 Å². The van der Waals surface area contributed by atoms with E-state index >= 15 is 0 Å². The molecule has 4 nitrogen and oxygen atoms in total. The molecule has 0 radical (unpaired) electrons. The molecule has 0 spiro atoms. The number of hydrogen-bond donors (Lipinski definition) is 1. The summed E-state index contributed by atoms with van der Waals surface area (Å²) < 4.78 is 0. The van der Waals surface area contributed by atoms with Crippen LogP contribution in [0, 0.1) is 5.92 Å². The minimum Gasteiger partial charge on any atom is -0.334 e. The Morgan fingerprint density at radius 2 is 1.83 bits per heavy atom. The second kappa shape index (κ2) is 8.06. The van der Waals surface area contributed by atoms with Crippen molar-refractivity contribution in [2.45, 2.75) is 12.8 Å². The molecule has 1 aliphatic rings. The molecule has 0 aromatic carbocycles. The van der Waals surface area contributed by atoms with Gasteiger partial charge in [0.1, 0.15) is 0 Å². The molecular weight excluding hydrogens is 226 g/mol. The van der Waals surface area contributed by atoms with E-state index in [2.05, 4.69) is 18.1 Å². The van der Waals surface area contributed by atoms with Gasteiger partial charge in [0.15, 0.2) is 0 Å². The van der Waals surface area contributed by atoms with E-state index in [1.165, 1.54) is 0 Å². The van der Waals surface area contributed by atoms with Crippen molar-refractivity contribution in [3.8, 4) is 0 Å². The van der Waals surface area contributed by atoms with Crippen LogP contribution in [-0.4, -0.2) is 55.0 Å². The smallest absolute Gasteiger partial charge is 0.237 e. The highest BCUT2D eigenvalue weighted by atomic mass is 16.2. The maximum absolute atomic E-state index is 12.1. The monoisotopic (exact) mass is 251 g/mol. The Balaban J connectivity index is 2.38. The first-order valence-corrected chi connectivity index (χ1v) is 6.63. The molecular formula is C14H25N3O. The van der Waals surface area contributed by atoms with Crippen LogP contribution in [-0.2, 0) is 4.79 Å². The fourth-order valence-corrected chi connectivity index (χ4v) is 2.26. The number of hydrogen-bond acceptors (Lipinski definition) is 3. The van der Waals surface area contributed by atoms with E-state index < -0.39 is 0 Å². The van der Waals surface area contributed by atoms with Gasteiger partial charge in [-0.25, -0.2) is 0 Å². The lowest BCUT2D eigenvalue weighted by molar-refractivity contribution is -0.131. The largest absolute Gasteiger partial charge is 0.334 e. The van der Waals surface area contributed by atoms with Crippen molar-refractivity contribution < 1.29 is 4.79 Å². The van der Waals surface area contributed by atoms with Gasteiger partial charge in [-0.1, -0.05) is 12.2 Å². The molecule has 1 fully saturated rings. The van der Waals surface area contributed by atoms with Crippen molar-refractivity contribution in [1.82, 2.24) is 9.80 Å². The molecule has 0 aromatic heterocycles. The van der Waals surface area contributed by atoms with Gasteiger partial charge in [-0.15, -0.1) is 13.2 Å². The summed E-state index contributed by atoms with van der Waals surface area (Å²) in [4.78, 5) is 16.1.